The zero-order chi connectivity index (χ0) is 9.19. The molecule has 0 unspecified atom stereocenters. The predicted octanol–water partition coefficient (Wildman–Crippen LogP) is 1.82. The van der Waals surface area contributed by atoms with Gasteiger partial charge in [-0.1, -0.05) is 13.0 Å². The molecule has 0 aliphatic heterocycles. The first-order chi connectivity index (χ1) is 5.56. The summed E-state index contributed by atoms with van der Waals surface area (Å²) in [5.41, 5.74) is 0. The average Bonchev–Trinajstić information content (AvgIpc) is 2.05. The molecule has 1 aromatic carbocycles. The minimum Gasteiger partial charge on any atom is -0.508 e. The van der Waals surface area contributed by atoms with Gasteiger partial charge in [-0.3, -0.25) is 0 Å². The van der Waals surface area contributed by atoms with Crippen LogP contribution in [0.4, 0.5) is 0 Å². The molecular formula is C8H11NO2S. The van der Waals surface area contributed by atoms with Crippen LogP contribution in [-0.4, -0.2) is 15.1 Å². The maximum atomic E-state index is 11.5. The van der Waals surface area contributed by atoms with E-state index in [9.17, 15) is 4.21 Å². The third kappa shape index (κ3) is 1.76. The Hall–Kier alpha value is -1.03. The van der Waals surface area contributed by atoms with Crippen LogP contribution in [0.25, 0.3) is 0 Å². The van der Waals surface area contributed by atoms with Crippen molar-refractivity contribution < 1.29 is 9.32 Å². The predicted molar refractivity (Wildman–Crippen MR) is 47.8 cm³/mol. The number of phenolic OH excluding ortho intramolecular Hbond substituents is 1. The Kier molecular flexibility index (Phi) is 2.38. The fourth-order valence-electron chi connectivity index (χ4n) is 0.855. The van der Waals surface area contributed by atoms with Crippen LogP contribution in [0.1, 0.15) is 6.92 Å². The Morgan fingerprint density at radius 3 is 2.75 bits per heavy atom. The molecular weight excluding hydrogens is 174 g/mol. The van der Waals surface area contributed by atoms with Crippen molar-refractivity contribution in [2.45, 2.75) is 11.8 Å². The van der Waals surface area contributed by atoms with Crippen molar-refractivity contribution >= 4 is 9.73 Å². The van der Waals surface area contributed by atoms with Gasteiger partial charge in [0.15, 0.2) is 0 Å². The standard InChI is InChI=1S/C8H11NO2S/c1-2-12(9,11)8-5-3-4-7(10)6-8/h3-6,9-10H,2H2,1H3/t12-/m1/s1. The molecule has 1 rings (SSSR count). The van der Waals surface area contributed by atoms with Crippen LogP contribution in [0, 0.1) is 4.78 Å². The van der Waals surface area contributed by atoms with Crippen molar-refractivity contribution in [2.24, 2.45) is 0 Å². The summed E-state index contributed by atoms with van der Waals surface area (Å²) in [5, 5.41) is 9.06. The van der Waals surface area contributed by atoms with Gasteiger partial charge in [0.05, 0.1) is 14.6 Å². The number of hydrogen-bond acceptors (Lipinski definition) is 3. The molecule has 1 aromatic rings. The highest BCUT2D eigenvalue weighted by Crippen LogP contribution is 2.17. The third-order valence-corrected chi connectivity index (χ3v) is 3.43. The molecule has 66 valence electrons. The van der Waals surface area contributed by atoms with Crippen LogP contribution in [0.2, 0.25) is 0 Å². The lowest BCUT2D eigenvalue weighted by Gasteiger charge is -2.03. The van der Waals surface area contributed by atoms with Crippen molar-refractivity contribution in [1.29, 1.82) is 4.78 Å². The van der Waals surface area contributed by atoms with Gasteiger partial charge in [0.25, 0.3) is 0 Å². The van der Waals surface area contributed by atoms with E-state index in [4.69, 9.17) is 9.89 Å². The minimum absolute atomic E-state index is 0.0564. The lowest BCUT2D eigenvalue weighted by molar-refractivity contribution is 0.473. The first-order valence-electron chi connectivity index (χ1n) is 3.62. The van der Waals surface area contributed by atoms with E-state index in [2.05, 4.69) is 0 Å². The lowest BCUT2D eigenvalue weighted by Crippen LogP contribution is -2.00. The minimum atomic E-state index is -2.68. The summed E-state index contributed by atoms with van der Waals surface area (Å²) >= 11 is 0. The van der Waals surface area contributed by atoms with Crippen molar-refractivity contribution in [1.82, 2.24) is 0 Å². The second-order valence-electron chi connectivity index (χ2n) is 2.46. The zero-order valence-electron chi connectivity index (χ0n) is 6.78. The van der Waals surface area contributed by atoms with Crippen LogP contribution in [0.15, 0.2) is 29.2 Å². The molecule has 0 spiro atoms. The molecule has 0 bridgehead atoms. The van der Waals surface area contributed by atoms with Crippen molar-refractivity contribution in [3.05, 3.63) is 24.3 Å². The van der Waals surface area contributed by atoms with Crippen LogP contribution in [0.5, 0.6) is 5.75 Å². The van der Waals surface area contributed by atoms with Crippen molar-refractivity contribution in [3.8, 4) is 5.75 Å². The first kappa shape index (κ1) is 9.06. The van der Waals surface area contributed by atoms with Crippen molar-refractivity contribution in [3.63, 3.8) is 0 Å². The Bertz CT molecular complexity index is 370. The molecule has 0 aliphatic rings. The Balaban J connectivity index is 3.21. The van der Waals surface area contributed by atoms with Crippen LogP contribution in [0.3, 0.4) is 0 Å². The molecule has 3 nitrogen and oxygen atoms in total. The smallest absolute Gasteiger partial charge is 0.116 e. The topological polar surface area (TPSA) is 61.2 Å². The number of phenols is 1. The Morgan fingerprint density at radius 2 is 2.25 bits per heavy atom. The van der Waals surface area contributed by atoms with E-state index in [1.54, 1.807) is 19.1 Å². The first-order valence-corrected chi connectivity index (χ1v) is 5.34. The normalized spacial score (nSPS) is 15.4. The van der Waals surface area contributed by atoms with E-state index < -0.39 is 9.73 Å². The summed E-state index contributed by atoms with van der Waals surface area (Å²) < 4.78 is 18.9. The molecule has 1 atom stereocenters. The number of benzene rings is 1. The van der Waals surface area contributed by atoms with Crippen LogP contribution >= 0.6 is 0 Å². The van der Waals surface area contributed by atoms with Gasteiger partial charge < -0.3 is 5.11 Å². The number of aromatic hydroxyl groups is 1. The van der Waals surface area contributed by atoms with Gasteiger partial charge >= 0.3 is 0 Å². The molecule has 0 saturated carbocycles. The molecule has 0 amide bonds. The number of hydrogen-bond donors (Lipinski definition) is 2. The number of rotatable bonds is 2. The second-order valence-corrected chi connectivity index (χ2v) is 4.86. The van der Waals surface area contributed by atoms with Crippen molar-refractivity contribution in [2.75, 3.05) is 5.75 Å². The summed E-state index contributed by atoms with van der Waals surface area (Å²) in [6.07, 6.45) is 0. The monoisotopic (exact) mass is 185 g/mol. The fraction of sp³-hybridized carbons (Fsp3) is 0.250. The molecule has 0 radical (unpaired) electrons. The van der Waals surface area contributed by atoms with E-state index >= 15 is 0 Å². The summed E-state index contributed by atoms with van der Waals surface area (Å²) in [5.74, 6) is 0.331. The quantitative estimate of drug-likeness (QED) is 0.738. The summed E-state index contributed by atoms with van der Waals surface area (Å²) in [6, 6.07) is 6.06. The van der Waals surface area contributed by atoms with Gasteiger partial charge in [0.1, 0.15) is 5.75 Å². The molecule has 2 N–H and O–H groups in total. The summed E-state index contributed by atoms with van der Waals surface area (Å²) in [6.45, 7) is 1.69. The van der Waals surface area contributed by atoms with Gasteiger partial charge in [0.2, 0.25) is 0 Å². The maximum Gasteiger partial charge on any atom is 0.116 e. The highest BCUT2D eigenvalue weighted by Gasteiger charge is 2.06. The number of nitrogens with one attached hydrogen (secondary N) is 1. The van der Waals surface area contributed by atoms with E-state index in [1.165, 1.54) is 12.1 Å². The molecule has 0 heterocycles. The van der Waals surface area contributed by atoms with Crippen LogP contribution < -0.4 is 0 Å². The van der Waals surface area contributed by atoms with E-state index in [-0.39, 0.29) is 11.5 Å². The summed E-state index contributed by atoms with van der Waals surface area (Å²) in [4.78, 5) is 0.394. The highest BCUT2D eigenvalue weighted by atomic mass is 32.2. The van der Waals surface area contributed by atoms with Gasteiger partial charge in [-0.05, 0) is 18.2 Å². The molecule has 12 heavy (non-hydrogen) atoms. The molecule has 0 aliphatic carbocycles. The summed E-state index contributed by atoms with van der Waals surface area (Å²) in [7, 11) is -2.68. The second kappa shape index (κ2) is 3.15. The zero-order valence-corrected chi connectivity index (χ0v) is 7.60. The maximum absolute atomic E-state index is 11.5. The lowest BCUT2D eigenvalue weighted by atomic mass is 10.3. The largest absolute Gasteiger partial charge is 0.508 e. The molecule has 4 heteroatoms. The Morgan fingerprint density at radius 1 is 1.58 bits per heavy atom. The van der Waals surface area contributed by atoms with Gasteiger partial charge in [0, 0.05) is 5.75 Å². The van der Waals surface area contributed by atoms with Crippen LogP contribution in [-0.2, 0) is 9.73 Å². The van der Waals surface area contributed by atoms with E-state index in [0.29, 0.717) is 4.90 Å². The van der Waals surface area contributed by atoms with E-state index in [0.717, 1.165) is 0 Å². The average molecular weight is 185 g/mol. The Labute approximate surface area is 72.0 Å². The van der Waals surface area contributed by atoms with E-state index in [1.807, 2.05) is 0 Å². The molecule has 0 fully saturated rings. The molecule has 0 saturated heterocycles. The highest BCUT2D eigenvalue weighted by molar-refractivity contribution is 7.92. The van der Waals surface area contributed by atoms with Gasteiger partial charge in [-0.25, -0.2) is 8.99 Å². The third-order valence-electron chi connectivity index (χ3n) is 1.60. The SMILES string of the molecule is CC[S@@](=N)(=O)c1cccc(O)c1. The molecule has 0 aromatic heterocycles. The van der Waals surface area contributed by atoms with Gasteiger partial charge in [-0.2, -0.15) is 0 Å². The fourth-order valence-corrected chi connectivity index (χ4v) is 1.80. The van der Waals surface area contributed by atoms with Gasteiger partial charge in [-0.15, -0.1) is 0 Å².